The Morgan fingerprint density at radius 3 is 2.70 bits per heavy atom. The van der Waals surface area contributed by atoms with Gasteiger partial charge < -0.3 is 19.0 Å². The molecule has 224 valence electrons. The van der Waals surface area contributed by atoms with Crippen molar-refractivity contribution < 1.29 is 19.0 Å². The van der Waals surface area contributed by atoms with E-state index in [9.17, 15) is 14.3 Å². The minimum Gasteiger partial charge on any atom is -0.478 e. The van der Waals surface area contributed by atoms with E-state index in [1.807, 2.05) is 6.20 Å². The Balaban J connectivity index is 1.17. The highest BCUT2D eigenvalue weighted by molar-refractivity contribution is 5.92. The second kappa shape index (κ2) is 12.6. The molecule has 0 bridgehead atoms. The number of rotatable bonds is 10. The number of carboxylic acids is 1. The summed E-state index contributed by atoms with van der Waals surface area (Å²) < 4.78 is 24.5. The number of hydrogen-bond acceptors (Lipinski definition) is 7. The summed E-state index contributed by atoms with van der Waals surface area (Å²) in [7, 11) is 0. The van der Waals surface area contributed by atoms with Crippen LogP contribution < -0.4 is 4.74 Å². The highest BCUT2D eigenvalue weighted by Gasteiger charge is 2.27. The zero-order chi connectivity index (χ0) is 30.6. The lowest BCUT2D eigenvalue weighted by atomic mass is 9.93. The number of imidazole rings is 2. The topological polar surface area (TPSA) is 116 Å². The van der Waals surface area contributed by atoms with Crippen LogP contribution in [0.3, 0.4) is 0 Å². The minimum atomic E-state index is -0.975. The Labute approximate surface area is 253 Å². The molecule has 0 aliphatic carbocycles. The summed E-state index contributed by atoms with van der Waals surface area (Å²) in [5, 5.41) is 9.61. The molecule has 1 N–H and O–H groups in total. The van der Waals surface area contributed by atoms with Gasteiger partial charge in [0.1, 0.15) is 23.9 Å². The first-order chi connectivity index (χ1) is 21.4. The van der Waals surface area contributed by atoms with E-state index in [-0.39, 0.29) is 23.8 Å². The third-order valence-electron chi connectivity index (χ3n) is 8.09. The van der Waals surface area contributed by atoms with E-state index in [0.29, 0.717) is 24.5 Å². The summed E-state index contributed by atoms with van der Waals surface area (Å²) in [4.78, 5) is 35.5. The van der Waals surface area contributed by atoms with E-state index < -0.39 is 11.8 Å². The van der Waals surface area contributed by atoms with Gasteiger partial charge in [-0.05, 0) is 57.1 Å². The molecule has 1 aliphatic rings. The number of piperidine rings is 1. The summed E-state index contributed by atoms with van der Waals surface area (Å²) in [5.41, 5.74) is 4.12. The Morgan fingerprint density at radius 1 is 1.14 bits per heavy atom. The number of carbonyl (C=O) groups is 1. The SMILES string of the molecule is [C-]#[N+]c1ccc(COc2nccnc2C2CCN(Cc3nc4ccc(C(=O)O)cc4n3Cc3cncn3CC)CC2)c(F)c1. The molecule has 0 radical (unpaired) electrons. The molecule has 12 heteroatoms. The highest BCUT2D eigenvalue weighted by Crippen LogP contribution is 2.33. The Hall–Kier alpha value is -5.15. The lowest BCUT2D eigenvalue weighted by Crippen LogP contribution is -2.34. The lowest BCUT2D eigenvalue weighted by Gasteiger charge is -2.31. The molecule has 1 aliphatic heterocycles. The van der Waals surface area contributed by atoms with Gasteiger partial charge in [-0.25, -0.2) is 29.0 Å². The van der Waals surface area contributed by atoms with Crippen molar-refractivity contribution in [3.05, 3.63) is 107 Å². The molecular formula is C32H31FN8O3. The maximum Gasteiger partial charge on any atom is 0.335 e. The van der Waals surface area contributed by atoms with Crippen molar-refractivity contribution in [3.8, 4) is 5.88 Å². The number of aromatic carboxylic acids is 1. The van der Waals surface area contributed by atoms with Gasteiger partial charge in [0.15, 0.2) is 5.69 Å². The first-order valence-electron chi connectivity index (χ1n) is 14.5. The normalized spacial score (nSPS) is 14.1. The molecule has 0 spiro atoms. The summed E-state index contributed by atoms with van der Waals surface area (Å²) in [5.74, 6) is -0.0816. The van der Waals surface area contributed by atoms with Crippen molar-refractivity contribution in [1.82, 2.24) is 34.0 Å². The summed E-state index contributed by atoms with van der Waals surface area (Å²) in [6, 6.07) is 9.38. The number of ether oxygens (including phenoxy) is 1. The van der Waals surface area contributed by atoms with Crippen LogP contribution >= 0.6 is 0 Å². The Kier molecular flexibility index (Phi) is 8.29. The van der Waals surface area contributed by atoms with Crippen LogP contribution in [0.25, 0.3) is 15.9 Å². The first kappa shape index (κ1) is 28.9. The lowest BCUT2D eigenvalue weighted by molar-refractivity contribution is 0.0697. The number of likely N-dealkylation sites (tertiary alicyclic amines) is 1. The molecule has 2 aromatic carbocycles. The molecule has 1 fully saturated rings. The van der Waals surface area contributed by atoms with Crippen LogP contribution in [0.5, 0.6) is 5.88 Å². The molecule has 44 heavy (non-hydrogen) atoms. The average Bonchev–Trinajstić information content (AvgIpc) is 3.64. The van der Waals surface area contributed by atoms with E-state index in [1.165, 1.54) is 6.07 Å². The fraction of sp³-hybridized carbons (Fsp3) is 0.312. The molecule has 0 saturated carbocycles. The highest BCUT2D eigenvalue weighted by atomic mass is 19.1. The Bertz CT molecular complexity index is 1850. The molecule has 5 aromatic rings. The number of halogens is 1. The largest absolute Gasteiger partial charge is 0.478 e. The third kappa shape index (κ3) is 6.00. The second-order valence-electron chi connectivity index (χ2n) is 10.8. The number of hydrogen-bond donors (Lipinski definition) is 1. The molecule has 6 rings (SSSR count). The van der Waals surface area contributed by atoms with E-state index in [4.69, 9.17) is 16.3 Å². The zero-order valence-corrected chi connectivity index (χ0v) is 24.2. The summed E-state index contributed by atoms with van der Waals surface area (Å²) in [6.45, 7) is 12.6. The number of fused-ring (bicyclic) bond motifs is 1. The number of carboxylic acid groups (broad SMARTS) is 1. The molecule has 11 nitrogen and oxygen atoms in total. The van der Waals surface area contributed by atoms with Crippen LogP contribution in [0.2, 0.25) is 0 Å². The average molecular weight is 595 g/mol. The van der Waals surface area contributed by atoms with Gasteiger partial charge in [0.2, 0.25) is 5.88 Å². The monoisotopic (exact) mass is 594 g/mol. The standard InChI is InChI=1S/C32H31FN8O3/c1-3-40-20-35-16-25(40)17-41-28-14-22(32(42)43)5-7-27(28)38-29(41)18-39-12-8-21(9-13-39)30-31(37-11-10-36-30)44-19-23-4-6-24(34-2)15-26(23)33/h4-7,10-11,14-16,20-21H,3,8-9,12-13,17-19H2,1H3,(H,42,43). The molecule has 4 heterocycles. The fourth-order valence-electron chi connectivity index (χ4n) is 5.69. The fourth-order valence-corrected chi connectivity index (χ4v) is 5.69. The number of nitrogens with zero attached hydrogens (tertiary/aromatic N) is 8. The molecular weight excluding hydrogens is 563 g/mol. The predicted octanol–water partition coefficient (Wildman–Crippen LogP) is 5.44. The molecule has 3 aromatic heterocycles. The predicted molar refractivity (Wildman–Crippen MR) is 160 cm³/mol. The third-order valence-corrected chi connectivity index (χ3v) is 8.09. The van der Waals surface area contributed by atoms with Gasteiger partial charge in [-0.3, -0.25) is 9.88 Å². The Morgan fingerprint density at radius 2 is 1.95 bits per heavy atom. The quantitative estimate of drug-likeness (QED) is 0.213. The van der Waals surface area contributed by atoms with Crippen molar-refractivity contribution >= 4 is 22.7 Å². The molecule has 0 atom stereocenters. The molecule has 1 saturated heterocycles. The van der Waals surface area contributed by atoms with E-state index >= 15 is 0 Å². The van der Waals surface area contributed by atoms with E-state index in [1.54, 1.807) is 49.1 Å². The van der Waals surface area contributed by atoms with Crippen molar-refractivity contribution in [3.63, 3.8) is 0 Å². The van der Waals surface area contributed by atoms with Crippen LogP contribution in [0, 0.1) is 12.4 Å². The minimum absolute atomic E-state index is 0.00853. The van der Waals surface area contributed by atoms with Crippen molar-refractivity contribution in [2.24, 2.45) is 0 Å². The van der Waals surface area contributed by atoms with E-state index in [0.717, 1.165) is 60.7 Å². The zero-order valence-electron chi connectivity index (χ0n) is 24.2. The van der Waals surface area contributed by atoms with Crippen LogP contribution in [-0.4, -0.2) is 58.1 Å². The summed E-state index contributed by atoms with van der Waals surface area (Å²) >= 11 is 0. The van der Waals surface area contributed by atoms with Crippen molar-refractivity contribution in [2.75, 3.05) is 13.1 Å². The van der Waals surface area contributed by atoms with Gasteiger partial charge in [-0.2, -0.15) is 0 Å². The van der Waals surface area contributed by atoms with Gasteiger partial charge in [-0.15, -0.1) is 0 Å². The van der Waals surface area contributed by atoms with Gasteiger partial charge in [0.05, 0.1) is 48.3 Å². The second-order valence-corrected chi connectivity index (χ2v) is 10.8. The number of aryl methyl sites for hydroxylation is 1. The first-order valence-corrected chi connectivity index (χ1v) is 14.5. The van der Waals surface area contributed by atoms with Gasteiger partial charge in [-0.1, -0.05) is 12.1 Å². The number of aromatic nitrogens is 6. The van der Waals surface area contributed by atoms with Crippen molar-refractivity contribution in [1.29, 1.82) is 0 Å². The van der Waals surface area contributed by atoms with Gasteiger partial charge in [0, 0.05) is 36.6 Å². The summed E-state index contributed by atoms with van der Waals surface area (Å²) in [6.07, 6.45) is 8.51. The smallest absolute Gasteiger partial charge is 0.335 e. The van der Waals surface area contributed by atoms with Crippen LogP contribution in [-0.2, 0) is 26.2 Å². The maximum absolute atomic E-state index is 14.4. The number of benzene rings is 2. The molecule has 0 unspecified atom stereocenters. The molecule has 0 amide bonds. The van der Waals surface area contributed by atoms with Crippen LogP contribution in [0.1, 0.15) is 58.8 Å². The van der Waals surface area contributed by atoms with Gasteiger partial charge in [0.25, 0.3) is 0 Å². The van der Waals surface area contributed by atoms with Gasteiger partial charge >= 0.3 is 5.97 Å². The maximum atomic E-state index is 14.4. The van der Waals surface area contributed by atoms with E-state index in [2.05, 4.69) is 40.8 Å². The van der Waals surface area contributed by atoms with Crippen LogP contribution in [0.15, 0.2) is 61.3 Å². The van der Waals surface area contributed by atoms with Crippen LogP contribution in [0.4, 0.5) is 10.1 Å². The van der Waals surface area contributed by atoms with Crippen molar-refractivity contribution in [2.45, 2.75) is 51.9 Å².